The van der Waals surface area contributed by atoms with Crippen LogP contribution in [0.5, 0.6) is 11.5 Å². The molecule has 0 radical (unpaired) electrons. The first-order valence-electron chi connectivity index (χ1n) is 15.7. The molecular formula is C32H32Cl2N8O8S2. The van der Waals surface area contributed by atoms with Gasteiger partial charge in [-0.25, -0.2) is 19.6 Å². The number of aromatic amines is 2. The summed E-state index contributed by atoms with van der Waals surface area (Å²) in [6.45, 7) is -0.328. The van der Waals surface area contributed by atoms with E-state index in [1.165, 1.54) is 46.8 Å². The zero-order valence-electron chi connectivity index (χ0n) is 27.6. The Kier molecular flexibility index (Phi) is 11.5. The van der Waals surface area contributed by atoms with Crippen LogP contribution in [0.2, 0.25) is 10.0 Å². The zero-order chi connectivity index (χ0) is 37.1. The van der Waals surface area contributed by atoms with Gasteiger partial charge in [-0.2, -0.15) is 0 Å². The van der Waals surface area contributed by atoms with E-state index < -0.39 is 34.7 Å². The molecule has 4 heterocycles. The van der Waals surface area contributed by atoms with Gasteiger partial charge in [0.15, 0.2) is 32.6 Å². The van der Waals surface area contributed by atoms with Crippen LogP contribution in [-0.2, 0) is 27.2 Å². The minimum Gasteiger partial charge on any atom is -0.491 e. The van der Waals surface area contributed by atoms with Gasteiger partial charge < -0.3 is 28.8 Å². The summed E-state index contributed by atoms with van der Waals surface area (Å²) in [5.41, 5.74) is -2.06. The molecule has 274 valence electrons. The maximum Gasteiger partial charge on any atom is 0.329 e. The highest BCUT2D eigenvalue weighted by Gasteiger charge is 2.23. The van der Waals surface area contributed by atoms with E-state index in [4.69, 9.17) is 32.7 Å². The van der Waals surface area contributed by atoms with E-state index in [9.17, 15) is 29.4 Å². The summed E-state index contributed by atoms with van der Waals surface area (Å²) in [5, 5.41) is 23.6. The number of ether oxygens (including phenoxy) is 2. The van der Waals surface area contributed by atoms with Gasteiger partial charge in [-0.05, 0) is 48.5 Å². The molecule has 0 saturated carbocycles. The van der Waals surface area contributed by atoms with Crippen LogP contribution in [0.3, 0.4) is 0 Å². The van der Waals surface area contributed by atoms with E-state index in [1.807, 2.05) is 0 Å². The third-order valence-electron chi connectivity index (χ3n) is 7.79. The Morgan fingerprint density at radius 1 is 0.673 bits per heavy atom. The van der Waals surface area contributed by atoms with Gasteiger partial charge in [0.05, 0.1) is 13.1 Å². The second kappa shape index (κ2) is 16.1. The lowest BCUT2D eigenvalue weighted by Gasteiger charge is -2.16. The number of thioether (sulfide) groups is 2. The van der Waals surface area contributed by atoms with Crippen LogP contribution in [0.4, 0.5) is 0 Å². The number of benzene rings is 2. The van der Waals surface area contributed by atoms with Crippen molar-refractivity contribution in [2.45, 2.75) is 35.6 Å². The largest absolute Gasteiger partial charge is 0.491 e. The SMILES string of the molecule is Cn1c(=O)[nH]c(=O)c2c1nc(SCCSc1nc3c(c(=O)[nH]c(=O)n3C)n1CC(O)COc1ccc(Cl)cc1)n2CC(O)COc1ccc(Cl)cc1. The zero-order valence-corrected chi connectivity index (χ0v) is 30.8. The number of aliphatic hydroxyl groups is 2. The number of nitrogens with zero attached hydrogens (tertiary/aromatic N) is 6. The summed E-state index contributed by atoms with van der Waals surface area (Å²) >= 11 is 14.4. The number of fused-ring (bicyclic) bond motifs is 2. The minimum atomic E-state index is -1.06. The van der Waals surface area contributed by atoms with Crippen molar-refractivity contribution in [3.05, 3.63) is 100 Å². The molecule has 0 bridgehead atoms. The second-order valence-corrected chi connectivity index (χ2v) is 14.5. The van der Waals surface area contributed by atoms with Crippen molar-refractivity contribution in [2.75, 3.05) is 24.7 Å². The third-order valence-corrected chi connectivity index (χ3v) is 10.5. The van der Waals surface area contributed by atoms with E-state index in [1.54, 1.807) is 57.7 Å². The molecule has 52 heavy (non-hydrogen) atoms. The molecule has 20 heteroatoms. The first kappa shape index (κ1) is 37.3. The normalized spacial score (nSPS) is 12.8. The Balaban J connectivity index is 1.20. The highest BCUT2D eigenvalue weighted by atomic mass is 35.5. The number of imidazole rings is 2. The molecule has 0 aliphatic heterocycles. The molecular weight excluding hydrogens is 759 g/mol. The summed E-state index contributed by atoms with van der Waals surface area (Å²) in [6.07, 6.45) is -2.11. The lowest BCUT2D eigenvalue weighted by atomic mass is 10.3. The van der Waals surface area contributed by atoms with Crippen molar-refractivity contribution in [2.24, 2.45) is 14.1 Å². The average Bonchev–Trinajstić information content (AvgIpc) is 3.66. The summed E-state index contributed by atoms with van der Waals surface area (Å²) in [7, 11) is 2.97. The number of nitrogens with one attached hydrogen (secondary N) is 2. The summed E-state index contributed by atoms with van der Waals surface area (Å²) in [5.74, 6) is 1.80. The lowest BCUT2D eigenvalue weighted by molar-refractivity contribution is 0.0913. The molecule has 4 aromatic heterocycles. The molecule has 0 fully saturated rings. The van der Waals surface area contributed by atoms with Gasteiger partial charge in [-0.15, -0.1) is 0 Å². The van der Waals surface area contributed by atoms with E-state index in [0.717, 1.165) is 0 Å². The van der Waals surface area contributed by atoms with Gasteiger partial charge in [0, 0.05) is 35.6 Å². The van der Waals surface area contributed by atoms with Crippen LogP contribution in [0.1, 0.15) is 0 Å². The molecule has 2 aromatic carbocycles. The predicted molar refractivity (Wildman–Crippen MR) is 199 cm³/mol. The topological polar surface area (TPSA) is 204 Å². The monoisotopic (exact) mass is 790 g/mol. The summed E-state index contributed by atoms with van der Waals surface area (Å²) in [6, 6.07) is 13.3. The molecule has 6 aromatic rings. The number of hydrogen-bond acceptors (Lipinski definition) is 12. The number of aryl methyl sites for hydroxylation is 2. The number of H-pyrrole nitrogens is 2. The highest BCUT2D eigenvalue weighted by molar-refractivity contribution is 8.02. The Morgan fingerprint density at radius 3 is 1.40 bits per heavy atom. The molecule has 2 unspecified atom stereocenters. The van der Waals surface area contributed by atoms with Crippen molar-refractivity contribution < 1.29 is 19.7 Å². The fourth-order valence-corrected chi connectivity index (χ4v) is 7.46. The quantitative estimate of drug-likeness (QED) is 0.0874. The van der Waals surface area contributed by atoms with Crippen molar-refractivity contribution in [1.29, 1.82) is 0 Å². The smallest absolute Gasteiger partial charge is 0.329 e. The molecule has 16 nitrogen and oxygen atoms in total. The fourth-order valence-electron chi connectivity index (χ4n) is 5.23. The third kappa shape index (κ3) is 8.27. The van der Waals surface area contributed by atoms with Gasteiger partial charge in [-0.1, -0.05) is 46.7 Å². The first-order valence-corrected chi connectivity index (χ1v) is 18.4. The Bertz CT molecular complexity index is 2290. The minimum absolute atomic E-state index is 0.0660. The molecule has 6 rings (SSSR count). The molecule has 0 amide bonds. The van der Waals surface area contributed by atoms with Gasteiger partial charge in [0.2, 0.25) is 0 Å². The molecule has 4 N–H and O–H groups in total. The molecule has 0 aliphatic carbocycles. The summed E-state index contributed by atoms with van der Waals surface area (Å²) < 4.78 is 16.9. The van der Waals surface area contributed by atoms with E-state index in [-0.39, 0.29) is 48.6 Å². The van der Waals surface area contributed by atoms with Crippen LogP contribution in [0, 0.1) is 0 Å². The van der Waals surface area contributed by atoms with Gasteiger partial charge in [0.25, 0.3) is 11.1 Å². The van der Waals surface area contributed by atoms with Crippen LogP contribution >= 0.6 is 46.7 Å². The number of aliphatic hydroxyl groups excluding tert-OH is 2. The second-order valence-electron chi connectivity index (χ2n) is 11.5. The van der Waals surface area contributed by atoms with Crippen LogP contribution in [-0.4, -0.2) is 85.3 Å². The average molecular weight is 792 g/mol. The van der Waals surface area contributed by atoms with Gasteiger partial charge in [0.1, 0.15) is 36.9 Å². The lowest BCUT2D eigenvalue weighted by Crippen LogP contribution is -2.30. The number of aromatic nitrogens is 8. The molecule has 0 aliphatic rings. The molecule has 2 atom stereocenters. The van der Waals surface area contributed by atoms with Crippen molar-refractivity contribution >= 4 is 69.1 Å². The van der Waals surface area contributed by atoms with Crippen LogP contribution < -0.4 is 32.0 Å². The summed E-state index contributed by atoms with van der Waals surface area (Å²) in [4.78, 5) is 64.3. The van der Waals surface area contributed by atoms with Crippen molar-refractivity contribution in [1.82, 2.24) is 38.2 Å². The Hall–Kier alpha value is -4.46. The van der Waals surface area contributed by atoms with E-state index in [0.29, 0.717) is 43.4 Å². The maximum absolute atomic E-state index is 13.0. The van der Waals surface area contributed by atoms with Crippen molar-refractivity contribution in [3.63, 3.8) is 0 Å². The fraction of sp³-hybridized carbons (Fsp3) is 0.312. The predicted octanol–water partition coefficient (Wildman–Crippen LogP) is 2.23. The van der Waals surface area contributed by atoms with Crippen LogP contribution in [0.15, 0.2) is 78.0 Å². The van der Waals surface area contributed by atoms with E-state index >= 15 is 0 Å². The molecule has 0 saturated heterocycles. The first-order chi connectivity index (χ1) is 24.9. The highest BCUT2D eigenvalue weighted by Crippen LogP contribution is 2.27. The number of halogens is 2. The molecule has 0 spiro atoms. The van der Waals surface area contributed by atoms with Gasteiger partial charge in [-0.3, -0.25) is 28.7 Å². The Labute approximate surface area is 312 Å². The number of rotatable bonds is 15. The Morgan fingerprint density at radius 2 is 1.04 bits per heavy atom. The van der Waals surface area contributed by atoms with Crippen LogP contribution in [0.25, 0.3) is 22.3 Å². The number of hydrogen-bond donors (Lipinski definition) is 4. The van der Waals surface area contributed by atoms with Crippen molar-refractivity contribution in [3.8, 4) is 11.5 Å². The maximum atomic E-state index is 13.0. The standard InChI is InChI=1S/C32H32Cl2N8O8S2/c1-39-25-23(27(45)37-29(39)47)41(13-19(43)15-49-21-7-3-17(33)4-8-21)31(35-25)51-11-12-52-32-36-26-24(28(46)38-30(48)40(26)2)42(32)14-20(44)16-50-22-9-5-18(34)6-10-22/h3-10,19-20,43-44H,11-16H2,1-2H3,(H,37,45,47)(H,38,46,48). The van der Waals surface area contributed by atoms with Gasteiger partial charge >= 0.3 is 11.4 Å². The van der Waals surface area contributed by atoms with E-state index in [2.05, 4.69) is 19.9 Å².